The Morgan fingerprint density at radius 2 is 2.38 bits per heavy atom. The van der Waals surface area contributed by atoms with Crippen molar-refractivity contribution in [1.29, 1.82) is 0 Å². The van der Waals surface area contributed by atoms with E-state index in [-0.39, 0.29) is 0 Å². The zero-order valence-electron chi connectivity index (χ0n) is 10.0. The lowest BCUT2D eigenvalue weighted by Gasteiger charge is -2.26. The third-order valence-corrected chi connectivity index (χ3v) is 4.94. The van der Waals surface area contributed by atoms with Gasteiger partial charge in [0.1, 0.15) is 5.82 Å². The van der Waals surface area contributed by atoms with Crippen LogP contribution >= 0.6 is 27.7 Å². The lowest BCUT2D eigenvalue weighted by atomic mass is 10.2. The van der Waals surface area contributed by atoms with Gasteiger partial charge in [0.25, 0.3) is 0 Å². The Morgan fingerprint density at radius 3 is 2.94 bits per heavy atom. The first kappa shape index (κ1) is 12.3. The Morgan fingerprint density at radius 1 is 1.62 bits per heavy atom. The summed E-state index contributed by atoms with van der Waals surface area (Å²) in [7, 11) is 4.23. The van der Waals surface area contributed by atoms with Crippen LogP contribution in [0.25, 0.3) is 0 Å². The van der Waals surface area contributed by atoms with Crippen LogP contribution in [-0.4, -0.2) is 34.4 Å². The maximum atomic E-state index is 4.51. The van der Waals surface area contributed by atoms with E-state index >= 15 is 0 Å². The van der Waals surface area contributed by atoms with Gasteiger partial charge in [0.05, 0.1) is 5.69 Å². The quantitative estimate of drug-likeness (QED) is 0.801. The fraction of sp³-hybridized carbons (Fsp3) is 0.727. The summed E-state index contributed by atoms with van der Waals surface area (Å²) >= 11 is 5.61. The second-order valence-electron chi connectivity index (χ2n) is 4.27. The maximum Gasteiger partial charge on any atom is 0.130 e. The molecule has 1 unspecified atom stereocenters. The lowest BCUT2D eigenvalue weighted by Crippen LogP contribution is -2.33. The molecule has 1 aromatic heterocycles. The minimum Gasteiger partial charge on any atom is -0.356 e. The summed E-state index contributed by atoms with van der Waals surface area (Å²) in [6.45, 7) is 2.08. The number of hydrogen-bond donors (Lipinski definition) is 0. The number of aromatic nitrogens is 2. The number of aryl methyl sites for hydroxylation is 2. The highest BCUT2D eigenvalue weighted by Crippen LogP contribution is 2.30. The van der Waals surface area contributed by atoms with E-state index in [0.29, 0.717) is 6.04 Å². The van der Waals surface area contributed by atoms with Crippen molar-refractivity contribution < 1.29 is 0 Å². The first-order chi connectivity index (χ1) is 7.65. The van der Waals surface area contributed by atoms with E-state index in [1.807, 2.05) is 23.5 Å². The molecule has 0 spiro atoms. The van der Waals surface area contributed by atoms with Gasteiger partial charge in [-0.05, 0) is 19.1 Å². The monoisotopic (exact) mass is 303 g/mol. The Balaban J connectivity index is 2.30. The standard InChI is InChI=1S/C11H18BrN3S/c1-8-10(6-12)11(15(3)13-8)14(2)9-4-5-16-7-9/h9H,4-7H2,1-3H3. The smallest absolute Gasteiger partial charge is 0.130 e. The minimum absolute atomic E-state index is 0.664. The van der Waals surface area contributed by atoms with Gasteiger partial charge < -0.3 is 4.90 Å². The van der Waals surface area contributed by atoms with Gasteiger partial charge in [-0.2, -0.15) is 16.9 Å². The number of thioether (sulfide) groups is 1. The fourth-order valence-corrected chi connectivity index (χ4v) is 4.21. The molecule has 1 atom stereocenters. The molecule has 1 aliphatic heterocycles. The van der Waals surface area contributed by atoms with Crippen LogP contribution in [0.4, 0.5) is 5.82 Å². The summed E-state index contributed by atoms with van der Waals surface area (Å²) in [5, 5.41) is 5.39. The Labute approximate surface area is 110 Å². The molecule has 1 aliphatic rings. The van der Waals surface area contributed by atoms with Gasteiger partial charge in [-0.3, -0.25) is 4.68 Å². The first-order valence-corrected chi connectivity index (χ1v) is 7.81. The van der Waals surface area contributed by atoms with Crippen LogP contribution in [0.1, 0.15) is 17.7 Å². The minimum atomic E-state index is 0.664. The van der Waals surface area contributed by atoms with E-state index in [9.17, 15) is 0 Å². The number of hydrogen-bond acceptors (Lipinski definition) is 3. The number of anilines is 1. The molecule has 90 valence electrons. The molecule has 0 N–H and O–H groups in total. The number of alkyl halides is 1. The molecule has 0 amide bonds. The van der Waals surface area contributed by atoms with Crippen LogP contribution in [0.5, 0.6) is 0 Å². The summed E-state index contributed by atoms with van der Waals surface area (Å²) in [4.78, 5) is 2.40. The zero-order chi connectivity index (χ0) is 11.7. The summed E-state index contributed by atoms with van der Waals surface area (Å²) < 4.78 is 2.01. The lowest BCUT2D eigenvalue weighted by molar-refractivity contribution is 0.652. The SMILES string of the molecule is Cc1nn(C)c(N(C)C2CCSC2)c1CBr. The van der Waals surface area contributed by atoms with Gasteiger partial charge in [0.2, 0.25) is 0 Å². The van der Waals surface area contributed by atoms with Gasteiger partial charge in [-0.15, -0.1) is 0 Å². The third kappa shape index (κ3) is 2.12. The molecule has 0 aromatic carbocycles. The van der Waals surface area contributed by atoms with E-state index in [1.165, 1.54) is 29.3 Å². The van der Waals surface area contributed by atoms with Crippen molar-refractivity contribution in [3.05, 3.63) is 11.3 Å². The summed E-state index contributed by atoms with van der Waals surface area (Å²) in [6.07, 6.45) is 1.28. The number of rotatable bonds is 3. The molecule has 2 rings (SSSR count). The second-order valence-corrected chi connectivity index (χ2v) is 5.98. The van der Waals surface area contributed by atoms with Crippen LogP contribution < -0.4 is 4.90 Å². The van der Waals surface area contributed by atoms with Crippen LogP contribution in [-0.2, 0) is 12.4 Å². The molecular weight excluding hydrogens is 286 g/mol. The predicted octanol–water partition coefficient (Wildman–Crippen LogP) is 2.57. The topological polar surface area (TPSA) is 21.1 Å². The van der Waals surface area contributed by atoms with Crippen molar-refractivity contribution in [2.75, 3.05) is 23.5 Å². The van der Waals surface area contributed by atoms with Crippen LogP contribution in [0.15, 0.2) is 0 Å². The molecule has 0 radical (unpaired) electrons. The average molecular weight is 304 g/mol. The van der Waals surface area contributed by atoms with Crippen molar-refractivity contribution in [2.45, 2.75) is 24.7 Å². The molecule has 0 bridgehead atoms. The molecule has 1 saturated heterocycles. The highest BCUT2D eigenvalue weighted by molar-refractivity contribution is 9.08. The highest BCUT2D eigenvalue weighted by atomic mass is 79.9. The van der Waals surface area contributed by atoms with Crippen LogP contribution in [0, 0.1) is 6.92 Å². The van der Waals surface area contributed by atoms with E-state index in [4.69, 9.17) is 0 Å². The van der Waals surface area contributed by atoms with Crippen molar-refractivity contribution in [3.63, 3.8) is 0 Å². The fourth-order valence-electron chi connectivity index (χ4n) is 2.29. The Hall–Kier alpha value is -0.160. The molecule has 0 saturated carbocycles. The predicted molar refractivity (Wildman–Crippen MR) is 74.7 cm³/mol. The normalized spacial score (nSPS) is 20.4. The van der Waals surface area contributed by atoms with Gasteiger partial charge in [-0.25, -0.2) is 0 Å². The van der Waals surface area contributed by atoms with Crippen LogP contribution in [0.3, 0.4) is 0 Å². The van der Waals surface area contributed by atoms with E-state index in [0.717, 1.165) is 11.0 Å². The third-order valence-electron chi connectivity index (χ3n) is 3.23. The largest absolute Gasteiger partial charge is 0.356 e. The van der Waals surface area contributed by atoms with E-state index in [1.54, 1.807) is 0 Å². The highest BCUT2D eigenvalue weighted by Gasteiger charge is 2.25. The zero-order valence-corrected chi connectivity index (χ0v) is 12.4. The van der Waals surface area contributed by atoms with Gasteiger partial charge in [-0.1, -0.05) is 15.9 Å². The van der Waals surface area contributed by atoms with Crippen molar-refractivity contribution in [2.24, 2.45) is 7.05 Å². The molecule has 0 aliphatic carbocycles. The molecule has 1 fully saturated rings. The van der Waals surface area contributed by atoms with Crippen molar-refractivity contribution in [3.8, 4) is 0 Å². The number of nitrogens with zero attached hydrogens (tertiary/aromatic N) is 3. The number of halogens is 1. The van der Waals surface area contributed by atoms with E-state index in [2.05, 4.69) is 39.9 Å². The van der Waals surface area contributed by atoms with Crippen molar-refractivity contribution in [1.82, 2.24) is 9.78 Å². The Bertz CT molecular complexity index is 372. The summed E-state index contributed by atoms with van der Waals surface area (Å²) in [5.74, 6) is 3.79. The molecular formula is C11H18BrN3S. The molecule has 5 heteroatoms. The second kappa shape index (κ2) is 5.00. The summed E-state index contributed by atoms with van der Waals surface area (Å²) in [6, 6.07) is 0.664. The van der Waals surface area contributed by atoms with Crippen molar-refractivity contribution >= 4 is 33.5 Å². The molecule has 16 heavy (non-hydrogen) atoms. The van der Waals surface area contributed by atoms with Gasteiger partial charge in [0.15, 0.2) is 0 Å². The average Bonchev–Trinajstić information content (AvgIpc) is 2.84. The van der Waals surface area contributed by atoms with Gasteiger partial charge in [0, 0.05) is 36.8 Å². The Kier molecular flexibility index (Phi) is 3.85. The maximum absolute atomic E-state index is 4.51. The van der Waals surface area contributed by atoms with Gasteiger partial charge >= 0.3 is 0 Å². The van der Waals surface area contributed by atoms with E-state index < -0.39 is 0 Å². The molecule has 3 nitrogen and oxygen atoms in total. The molecule has 2 heterocycles. The summed E-state index contributed by atoms with van der Waals surface area (Å²) in [5.41, 5.74) is 2.45. The molecule has 1 aromatic rings. The first-order valence-electron chi connectivity index (χ1n) is 5.54. The van der Waals surface area contributed by atoms with Crippen LogP contribution in [0.2, 0.25) is 0 Å².